The normalized spacial score (nSPS) is 9.87. The smallest absolute Gasteiger partial charge is 0.462 e. The Morgan fingerprint density at radius 3 is 2.67 bits per heavy atom. The molecule has 1 aromatic carbocycles. The maximum atomic E-state index is 11.3. The van der Waals surface area contributed by atoms with Gasteiger partial charge in [0.2, 0.25) is 0 Å². The minimum atomic E-state index is -1.66. The molecule has 1 aromatic rings. The molecule has 0 aliphatic heterocycles. The average molecular weight is 228 g/mol. The number of hydrogen-bond donors (Lipinski definition) is 2. The van der Waals surface area contributed by atoms with Crippen LogP contribution < -0.4 is 5.46 Å². The van der Waals surface area contributed by atoms with E-state index in [0.29, 0.717) is 0 Å². The molecular weight excluding hydrogens is 218 g/mol. The maximum absolute atomic E-state index is 11.3. The van der Waals surface area contributed by atoms with Gasteiger partial charge in [0.1, 0.15) is 0 Å². The van der Waals surface area contributed by atoms with Gasteiger partial charge in [-0.15, -0.1) is 0 Å². The summed E-state index contributed by atoms with van der Waals surface area (Å²) in [6.45, 7) is 1.94. The highest BCUT2D eigenvalue weighted by atomic mass is 35.5. The molecule has 0 bridgehead atoms. The summed E-state index contributed by atoms with van der Waals surface area (Å²) < 4.78 is 4.76. The van der Waals surface area contributed by atoms with Gasteiger partial charge in [0.25, 0.3) is 0 Å². The van der Waals surface area contributed by atoms with E-state index < -0.39 is 13.1 Å². The van der Waals surface area contributed by atoms with E-state index >= 15 is 0 Å². The van der Waals surface area contributed by atoms with Crippen LogP contribution in [0.25, 0.3) is 0 Å². The van der Waals surface area contributed by atoms with E-state index in [1.807, 2.05) is 0 Å². The molecule has 0 saturated carbocycles. The number of hydrogen-bond acceptors (Lipinski definition) is 4. The van der Waals surface area contributed by atoms with Crippen molar-refractivity contribution in [3.63, 3.8) is 0 Å². The van der Waals surface area contributed by atoms with Crippen LogP contribution in [0.15, 0.2) is 18.2 Å². The summed E-state index contributed by atoms with van der Waals surface area (Å²) in [7, 11) is -1.66. The van der Waals surface area contributed by atoms with Crippen LogP contribution in [-0.2, 0) is 4.74 Å². The summed E-state index contributed by atoms with van der Waals surface area (Å²) >= 11 is 5.71. The summed E-state index contributed by atoms with van der Waals surface area (Å²) in [5.41, 5.74) is 0.359. The quantitative estimate of drug-likeness (QED) is 0.573. The Balaban J connectivity index is 3.03. The largest absolute Gasteiger partial charge is 0.488 e. The van der Waals surface area contributed by atoms with Gasteiger partial charge in [-0.1, -0.05) is 11.6 Å². The van der Waals surface area contributed by atoms with Crippen LogP contribution in [0.3, 0.4) is 0 Å². The first-order valence-corrected chi connectivity index (χ1v) is 4.76. The van der Waals surface area contributed by atoms with E-state index in [2.05, 4.69) is 0 Å². The number of ether oxygens (including phenoxy) is 1. The Kier molecular flexibility index (Phi) is 4.14. The van der Waals surface area contributed by atoms with Gasteiger partial charge in [0, 0.05) is 5.02 Å². The predicted octanol–water partition coefficient (Wildman–Crippen LogP) is 0.196. The van der Waals surface area contributed by atoms with Crippen LogP contribution >= 0.6 is 11.6 Å². The lowest BCUT2D eigenvalue weighted by Gasteiger charge is -2.05. The monoisotopic (exact) mass is 228 g/mol. The first-order valence-electron chi connectivity index (χ1n) is 4.38. The third-order valence-electron chi connectivity index (χ3n) is 1.73. The van der Waals surface area contributed by atoms with E-state index in [9.17, 15) is 4.79 Å². The fraction of sp³-hybridized carbons (Fsp3) is 0.222. The molecule has 15 heavy (non-hydrogen) atoms. The lowest BCUT2D eigenvalue weighted by molar-refractivity contribution is 0.0526. The van der Waals surface area contributed by atoms with Crippen LogP contribution in [0.4, 0.5) is 0 Å². The van der Waals surface area contributed by atoms with Crippen LogP contribution in [0.2, 0.25) is 5.02 Å². The number of halogens is 1. The first kappa shape index (κ1) is 12.0. The van der Waals surface area contributed by atoms with E-state index in [0.717, 1.165) is 0 Å². The molecule has 1 rings (SSSR count). The van der Waals surface area contributed by atoms with Gasteiger partial charge in [-0.05, 0) is 30.6 Å². The Bertz CT molecular complexity index is 367. The lowest BCUT2D eigenvalue weighted by Crippen LogP contribution is -2.30. The van der Waals surface area contributed by atoms with Crippen LogP contribution in [0.5, 0.6) is 0 Å². The topological polar surface area (TPSA) is 66.8 Å². The SMILES string of the molecule is CCOC(=O)c1cc(Cl)cc(B(O)O)c1. The Labute approximate surface area is 92.6 Å². The maximum Gasteiger partial charge on any atom is 0.488 e. The molecule has 0 atom stereocenters. The summed E-state index contributed by atoms with van der Waals surface area (Å²) in [4.78, 5) is 11.3. The zero-order valence-electron chi connectivity index (χ0n) is 8.11. The number of esters is 1. The van der Waals surface area contributed by atoms with Crippen molar-refractivity contribution in [3.05, 3.63) is 28.8 Å². The van der Waals surface area contributed by atoms with Gasteiger partial charge in [0.15, 0.2) is 0 Å². The van der Waals surface area contributed by atoms with Crippen molar-refractivity contribution in [1.82, 2.24) is 0 Å². The third kappa shape index (κ3) is 3.23. The van der Waals surface area contributed by atoms with Crippen molar-refractivity contribution >= 4 is 30.2 Å². The van der Waals surface area contributed by atoms with Crippen molar-refractivity contribution in [1.29, 1.82) is 0 Å². The molecular formula is C9H10BClO4. The van der Waals surface area contributed by atoms with E-state index in [-0.39, 0.29) is 22.7 Å². The standard InChI is InChI=1S/C9H10BClO4/c1-2-15-9(12)6-3-7(10(13)14)5-8(11)4-6/h3-5,13-14H,2H2,1H3. The van der Waals surface area contributed by atoms with Gasteiger partial charge in [-0.2, -0.15) is 0 Å². The predicted molar refractivity (Wildman–Crippen MR) is 57.2 cm³/mol. The van der Waals surface area contributed by atoms with Gasteiger partial charge < -0.3 is 14.8 Å². The van der Waals surface area contributed by atoms with Crippen molar-refractivity contribution in [3.8, 4) is 0 Å². The number of carbonyl (C=O) groups is 1. The van der Waals surface area contributed by atoms with Gasteiger partial charge >= 0.3 is 13.1 Å². The number of carbonyl (C=O) groups excluding carboxylic acids is 1. The molecule has 0 unspecified atom stereocenters. The van der Waals surface area contributed by atoms with E-state index in [4.69, 9.17) is 26.4 Å². The zero-order valence-corrected chi connectivity index (χ0v) is 8.86. The average Bonchev–Trinajstić information content (AvgIpc) is 2.17. The van der Waals surface area contributed by atoms with Crippen molar-refractivity contribution in [2.75, 3.05) is 6.61 Å². The zero-order chi connectivity index (χ0) is 11.4. The van der Waals surface area contributed by atoms with Crippen molar-refractivity contribution in [2.45, 2.75) is 6.92 Å². The minimum Gasteiger partial charge on any atom is -0.462 e. The van der Waals surface area contributed by atoms with Crippen molar-refractivity contribution < 1.29 is 19.6 Å². The lowest BCUT2D eigenvalue weighted by atomic mass is 9.79. The van der Waals surface area contributed by atoms with Crippen LogP contribution in [0.1, 0.15) is 17.3 Å². The molecule has 0 amide bonds. The van der Waals surface area contributed by atoms with Crippen LogP contribution in [-0.4, -0.2) is 29.7 Å². The van der Waals surface area contributed by atoms with Crippen molar-refractivity contribution in [2.24, 2.45) is 0 Å². The Morgan fingerprint density at radius 2 is 2.13 bits per heavy atom. The highest BCUT2D eigenvalue weighted by molar-refractivity contribution is 6.59. The molecule has 0 saturated heterocycles. The molecule has 0 fully saturated rings. The van der Waals surface area contributed by atoms with Crippen LogP contribution in [0, 0.1) is 0 Å². The molecule has 2 N–H and O–H groups in total. The second-order valence-electron chi connectivity index (χ2n) is 2.87. The van der Waals surface area contributed by atoms with Gasteiger partial charge in [0.05, 0.1) is 12.2 Å². The molecule has 0 aliphatic rings. The van der Waals surface area contributed by atoms with E-state index in [1.165, 1.54) is 18.2 Å². The molecule has 80 valence electrons. The van der Waals surface area contributed by atoms with Gasteiger partial charge in [-0.25, -0.2) is 4.79 Å². The summed E-state index contributed by atoms with van der Waals surface area (Å²) in [5.74, 6) is -0.540. The molecule has 0 heterocycles. The molecule has 6 heteroatoms. The summed E-state index contributed by atoms with van der Waals surface area (Å²) in [6.07, 6.45) is 0. The molecule has 0 spiro atoms. The number of benzene rings is 1. The van der Waals surface area contributed by atoms with E-state index in [1.54, 1.807) is 6.92 Å². The Hall–Kier alpha value is -1.04. The highest BCUT2D eigenvalue weighted by Crippen LogP contribution is 2.10. The Morgan fingerprint density at radius 1 is 1.47 bits per heavy atom. The fourth-order valence-corrected chi connectivity index (χ4v) is 1.34. The number of rotatable bonds is 3. The molecule has 0 aliphatic carbocycles. The minimum absolute atomic E-state index is 0.158. The molecule has 4 nitrogen and oxygen atoms in total. The second-order valence-corrected chi connectivity index (χ2v) is 3.30. The molecule has 0 aromatic heterocycles. The second kappa shape index (κ2) is 5.16. The highest BCUT2D eigenvalue weighted by Gasteiger charge is 2.15. The third-order valence-corrected chi connectivity index (χ3v) is 1.95. The van der Waals surface area contributed by atoms with Gasteiger partial charge in [-0.3, -0.25) is 0 Å². The summed E-state index contributed by atoms with van der Waals surface area (Å²) in [6, 6.07) is 4.11. The summed E-state index contributed by atoms with van der Waals surface area (Å²) in [5, 5.41) is 18.1. The first-order chi connectivity index (χ1) is 7.04. The molecule has 0 radical (unpaired) electrons. The fourth-order valence-electron chi connectivity index (χ4n) is 1.09.